The van der Waals surface area contributed by atoms with Crippen molar-refractivity contribution in [3.8, 4) is 5.75 Å². The number of aliphatic hydroxyl groups is 2. The van der Waals surface area contributed by atoms with E-state index in [9.17, 15) is 10.2 Å². The van der Waals surface area contributed by atoms with Gasteiger partial charge in [-0.3, -0.25) is 9.80 Å². The number of likely N-dealkylation sites (N-methyl/N-ethyl adjacent to an activating group) is 1. The summed E-state index contributed by atoms with van der Waals surface area (Å²) < 4.78 is 5.75. The van der Waals surface area contributed by atoms with Crippen LogP contribution in [0.2, 0.25) is 0 Å². The van der Waals surface area contributed by atoms with Crippen molar-refractivity contribution in [3.63, 3.8) is 0 Å². The molecule has 28 heavy (non-hydrogen) atoms. The fourth-order valence-corrected chi connectivity index (χ4v) is 3.59. The average Bonchev–Trinajstić information content (AvgIpc) is 2.70. The van der Waals surface area contributed by atoms with Crippen molar-refractivity contribution in [3.05, 3.63) is 65.7 Å². The van der Waals surface area contributed by atoms with Crippen LogP contribution in [0.15, 0.2) is 54.6 Å². The molecule has 152 valence electrons. The van der Waals surface area contributed by atoms with Gasteiger partial charge >= 0.3 is 0 Å². The first-order valence-corrected chi connectivity index (χ1v) is 10.1. The molecule has 5 heteroatoms. The van der Waals surface area contributed by atoms with E-state index < -0.39 is 6.10 Å². The number of rotatable bonds is 9. The van der Waals surface area contributed by atoms with E-state index in [1.54, 1.807) is 0 Å². The zero-order chi connectivity index (χ0) is 19.8. The summed E-state index contributed by atoms with van der Waals surface area (Å²) in [7, 11) is 2.00. The van der Waals surface area contributed by atoms with Gasteiger partial charge in [-0.25, -0.2) is 0 Å². The van der Waals surface area contributed by atoms with Crippen molar-refractivity contribution in [1.29, 1.82) is 0 Å². The highest BCUT2D eigenvalue weighted by atomic mass is 16.5. The lowest BCUT2D eigenvalue weighted by molar-refractivity contribution is 0.0742. The molecule has 0 bridgehead atoms. The van der Waals surface area contributed by atoms with Crippen molar-refractivity contribution < 1.29 is 14.9 Å². The molecular formula is C23H32N2O3. The maximum absolute atomic E-state index is 10.3. The summed E-state index contributed by atoms with van der Waals surface area (Å²) in [6.07, 6.45) is 1.05. The Morgan fingerprint density at radius 2 is 1.71 bits per heavy atom. The molecule has 2 aromatic carbocycles. The van der Waals surface area contributed by atoms with Gasteiger partial charge < -0.3 is 14.9 Å². The summed E-state index contributed by atoms with van der Waals surface area (Å²) in [5, 5.41) is 19.9. The molecule has 1 aliphatic rings. The number of hydrogen-bond donors (Lipinski definition) is 2. The standard InChI is InChI=1S/C23H32N2O3/c1-24(15-19-5-3-2-4-6-19)17-22(27)18-28-23-9-7-20(8-10-23)16-25-13-11-21(26)12-14-25/h2-10,21-22,26-27H,11-18H2,1H3/t22-/m0/s1. The molecule has 0 aliphatic carbocycles. The third-order valence-electron chi connectivity index (χ3n) is 5.15. The van der Waals surface area contributed by atoms with E-state index in [1.165, 1.54) is 11.1 Å². The van der Waals surface area contributed by atoms with Gasteiger partial charge in [0.2, 0.25) is 0 Å². The smallest absolute Gasteiger partial charge is 0.119 e. The molecule has 3 rings (SSSR count). The first-order valence-electron chi connectivity index (χ1n) is 10.1. The molecule has 0 aromatic heterocycles. The Kier molecular flexibility index (Phi) is 7.86. The van der Waals surface area contributed by atoms with Gasteiger partial charge in [0, 0.05) is 32.7 Å². The van der Waals surface area contributed by atoms with E-state index >= 15 is 0 Å². The van der Waals surface area contributed by atoms with Crippen molar-refractivity contribution >= 4 is 0 Å². The van der Waals surface area contributed by atoms with Crippen LogP contribution in [-0.2, 0) is 13.1 Å². The second-order valence-electron chi connectivity index (χ2n) is 7.80. The van der Waals surface area contributed by atoms with Crippen molar-refractivity contribution in [1.82, 2.24) is 9.80 Å². The van der Waals surface area contributed by atoms with Gasteiger partial charge in [0.15, 0.2) is 0 Å². The van der Waals surface area contributed by atoms with Crippen LogP contribution in [-0.4, -0.2) is 65.5 Å². The minimum absolute atomic E-state index is 0.134. The van der Waals surface area contributed by atoms with Crippen LogP contribution in [0.1, 0.15) is 24.0 Å². The Morgan fingerprint density at radius 3 is 2.39 bits per heavy atom. The fraction of sp³-hybridized carbons (Fsp3) is 0.478. The lowest BCUT2D eigenvalue weighted by Crippen LogP contribution is -2.35. The van der Waals surface area contributed by atoms with Crippen molar-refractivity contribution in [2.24, 2.45) is 0 Å². The zero-order valence-electron chi connectivity index (χ0n) is 16.7. The number of ether oxygens (including phenoxy) is 1. The van der Waals surface area contributed by atoms with E-state index in [4.69, 9.17) is 4.74 Å². The quantitative estimate of drug-likeness (QED) is 0.696. The third kappa shape index (κ3) is 6.91. The van der Waals surface area contributed by atoms with Crippen LogP contribution in [0, 0.1) is 0 Å². The van der Waals surface area contributed by atoms with E-state index in [1.807, 2.05) is 37.4 Å². The molecule has 1 fully saturated rings. The molecule has 1 heterocycles. The Hall–Kier alpha value is -1.92. The lowest BCUT2D eigenvalue weighted by Gasteiger charge is -2.29. The largest absolute Gasteiger partial charge is 0.491 e. The number of nitrogens with zero attached hydrogens (tertiary/aromatic N) is 2. The van der Waals surface area contributed by atoms with Gasteiger partial charge in [0.25, 0.3) is 0 Å². The minimum Gasteiger partial charge on any atom is -0.491 e. The van der Waals surface area contributed by atoms with Crippen LogP contribution >= 0.6 is 0 Å². The highest BCUT2D eigenvalue weighted by Gasteiger charge is 2.17. The van der Waals surface area contributed by atoms with Gasteiger partial charge in [-0.2, -0.15) is 0 Å². The number of hydrogen-bond acceptors (Lipinski definition) is 5. The van der Waals surface area contributed by atoms with Crippen LogP contribution in [0.3, 0.4) is 0 Å². The Balaban J connectivity index is 1.38. The normalized spacial score (nSPS) is 17.0. The molecule has 2 N–H and O–H groups in total. The first-order chi connectivity index (χ1) is 13.6. The summed E-state index contributed by atoms with van der Waals surface area (Å²) in [5.74, 6) is 0.780. The highest BCUT2D eigenvalue weighted by molar-refractivity contribution is 5.27. The molecule has 0 saturated carbocycles. The van der Waals surface area contributed by atoms with Gasteiger partial charge in [-0.05, 0) is 43.1 Å². The van der Waals surface area contributed by atoms with Crippen molar-refractivity contribution in [2.75, 3.05) is 33.3 Å². The molecule has 0 amide bonds. The van der Waals surface area contributed by atoms with Gasteiger partial charge in [-0.1, -0.05) is 42.5 Å². The molecule has 1 saturated heterocycles. The molecule has 0 spiro atoms. The fourth-order valence-electron chi connectivity index (χ4n) is 3.59. The summed E-state index contributed by atoms with van der Waals surface area (Å²) in [5.41, 5.74) is 2.48. The van der Waals surface area contributed by atoms with Crippen LogP contribution < -0.4 is 4.74 Å². The molecular weight excluding hydrogens is 352 g/mol. The van der Waals surface area contributed by atoms with Crippen LogP contribution in [0.5, 0.6) is 5.75 Å². The van der Waals surface area contributed by atoms with E-state index in [-0.39, 0.29) is 12.7 Å². The lowest BCUT2D eigenvalue weighted by atomic mass is 10.1. The van der Waals surface area contributed by atoms with E-state index in [2.05, 4.69) is 34.1 Å². The topological polar surface area (TPSA) is 56.2 Å². The van der Waals surface area contributed by atoms with Gasteiger partial charge in [0.05, 0.1) is 6.10 Å². The average molecular weight is 385 g/mol. The molecule has 2 aromatic rings. The Bertz CT molecular complexity index is 685. The minimum atomic E-state index is -0.534. The second kappa shape index (κ2) is 10.6. The second-order valence-corrected chi connectivity index (χ2v) is 7.80. The number of aliphatic hydroxyl groups excluding tert-OH is 2. The van der Waals surface area contributed by atoms with Crippen LogP contribution in [0.4, 0.5) is 0 Å². The Labute approximate surface area is 168 Å². The van der Waals surface area contributed by atoms with Crippen LogP contribution in [0.25, 0.3) is 0 Å². The summed E-state index contributed by atoms with van der Waals surface area (Å²) in [6.45, 7) is 4.44. The maximum Gasteiger partial charge on any atom is 0.119 e. The summed E-state index contributed by atoms with van der Waals surface area (Å²) >= 11 is 0. The van der Waals surface area contributed by atoms with E-state index in [0.717, 1.165) is 44.8 Å². The maximum atomic E-state index is 10.3. The van der Waals surface area contributed by atoms with Gasteiger partial charge in [0.1, 0.15) is 18.5 Å². The number of piperidine rings is 1. The molecule has 5 nitrogen and oxygen atoms in total. The van der Waals surface area contributed by atoms with E-state index in [0.29, 0.717) is 6.54 Å². The predicted molar refractivity (Wildman–Crippen MR) is 111 cm³/mol. The highest BCUT2D eigenvalue weighted by Crippen LogP contribution is 2.17. The monoisotopic (exact) mass is 384 g/mol. The third-order valence-corrected chi connectivity index (χ3v) is 5.15. The summed E-state index contributed by atoms with van der Waals surface area (Å²) in [6, 6.07) is 18.3. The molecule has 1 atom stereocenters. The van der Waals surface area contributed by atoms with Crippen molar-refractivity contribution in [2.45, 2.75) is 38.1 Å². The number of likely N-dealkylation sites (tertiary alicyclic amines) is 1. The summed E-state index contributed by atoms with van der Waals surface area (Å²) in [4.78, 5) is 4.47. The Morgan fingerprint density at radius 1 is 1.04 bits per heavy atom. The first kappa shape index (κ1) is 20.8. The SMILES string of the molecule is CN(Cc1ccccc1)C[C@H](O)COc1ccc(CN2CCC(O)CC2)cc1. The molecule has 0 unspecified atom stereocenters. The van der Waals surface area contributed by atoms with Gasteiger partial charge in [-0.15, -0.1) is 0 Å². The number of benzene rings is 2. The molecule has 0 radical (unpaired) electrons. The molecule has 1 aliphatic heterocycles. The predicted octanol–water partition coefficient (Wildman–Crippen LogP) is 2.52. The zero-order valence-corrected chi connectivity index (χ0v) is 16.7.